The molecule has 0 bridgehead atoms. The van der Waals surface area contributed by atoms with Gasteiger partial charge in [0.05, 0.1) is 11.8 Å². The molecule has 0 spiro atoms. The molecule has 0 unspecified atom stereocenters. The summed E-state index contributed by atoms with van der Waals surface area (Å²) in [6, 6.07) is 1.84. The highest BCUT2D eigenvalue weighted by Crippen LogP contribution is 2.58. The number of amides is 1. The number of halogens is 1. The van der Waals surface area contributed by atoms with Crippen molar-refractivity contribution < 1.29 is 14.7 Å². The Morgan fingerprint density at radius 2 is 2.05 bits per heavy atom. The highest BCUT2D eigenvalue weighted by Gasteiger charge is 2.65. The molecule has 102 valence electrons. The molecule has 2 N–H and O–H groups in total. The Morgan fingerprint density at radius 1 is 1.42 bits per heavy atom. The van der Waals surface area contributed by atoms with Gasteiger partial charge >= 0.3 is 5.97 Å². The average molecular weight is 327 g/mol. The first-order valence-electron chi connectivity index (χ1n) is 5.91. The van der Waals surface area contributed by atoms with E-state index in [0.717, 1.165) is 10.0 Å². The van der Waals surface area contributed by atoms with Crippen molar-refractivity contribution in [2.75, 3.05) is 5.32 Å². The number of nitrogens with one attached hydrogen (secondary N) is 1. The third-order valence-corrected chi connectivity index (χ3v) is 4.10. The molecule has 5 nitrogen and oxygen atoms in total. The molecule has 1 aromatic rings. The van der Waals surface area contributed by atoms with Gasteiger partial charge in [-0.05, 0) is 39.9 Å². The van der Waals surface area contributed by atoms with Crippen molar-refractivity contribution in [1.29, 1.82) is 0 Å². The smallest absolute Gasteiger partial charge is 0.307 e. The van der Waals surface area contributed by atoms with E-state index in [2.05, 4.69) is 26.2 Å². The van der Waals surface area contributed by atoms with E-state index in [-0.39, 0.29) is 5.91 Å². The van der Waals surface area contributed by atoms with Crippen LogP contribution in [-0.2, 0) is 9.59 Å². The summed E-state index contributed by atoms with van der Waals surface area (Å²) in [6.07, 6.45) is 1.59. The molecule has 1 aromatic heterocycles. The van der Waals surface area contributed by atoms with E-state index >= 15 is 0 Å². The maximum absolute atomic E-state index is 12.1. The molecule has 2 rings (SSSR count). The Labute approximate surface area is 119 Å². The van der Waals surface area contributed by atoms with Crippen LogP contribution in [0.1, 0.15) is 19.4 Å². The number of rotatable bonds is 3. The van der Waals surface area contributed by atoms with E-state index in [1.807, 2.05) is 13.0 Å². The summed E-state index contributed by atoms with van der Waals surface area (Å²) >= 11 is 3.30. The van der Waals surface area contributed by atoms with Gasteiger partial charge in [0, 0.05) is 10.7 Å². The van der Waals surface area contributed by atoms with Crippen molar-refractivity contribution in [3.8, 4) is 0 Å². The van der Waals surface area contributed by atoms with Crippen LogP contribution in [0.4, 0.5) is 5.82 Å². The van der Waals surface area contributed by atoms with Crippen molar-refractivity contribution >= 4 is 33.6 Å². The van der Waals surface area contributed by atoms with Gasteiger partial charge in [-0.15, -0.1) is 0 Å². The predicted octanol–water partition coefficient (Wildman–Crippen LogP) is 2.45. The minimum Gasteiger partial charge on any atom is -0.481 e. The number of anilines is 1. The maximum Gasteiger partial charge on any atom is 0.307 e. The molecule has 1 amide bonds. The van der Waals surface area contributed by atoms with Gasteiger partial charge in [0.2, 0.25) is 5.91 Å². The molecule has 0 radical (unpaired) electrons. The van der Waals surface area contributed by atoms with Crippen molar-refractivity contribution in [3.63, 3.8) is 0 Å². The number of hydrogen-bond acceptors (Lipinski definition) is 3. The quantitative estimate of drug-likeness (QED) is 0.894. The summed E-state index contributed by atoms with van der Waals surface area (Å²) in [7, 11) is 0. The Morgan fingerprint density at radius 3 is 2.53 bits per heavy atom. The normalized spacial score (nSPS) is 23.8. The minimum atomic E-state index is -0.925. The van der Waals surface area contributed by atoms with Crippen LogP contribution in [0.5, 0.6) is 0 Å². The standard InChI is InChI=1S/C13H15BrN2O3/c1-6-4-7(14)5-15-10(6)16-11(17)8-9(12(18)19)13(8,2)3/h4-5,8-9H,1-3H3,(H,18,19)(H,15,16,17)/t8-,9+/m1/s1. The topological polar surface area (TPSA) is 79.3 Å². The second kappa shape index (κ2) is 4.59. The van der Waals surface area contributed by atoms with Crippen molar-refractivity contribution in [3.05, 3.63) is 22.3 Å². The van der Waals surface area contributed by atoms with E-state index < -0.39 is 23.2 Å². The van der Waals surface area contributed by atoms with Crippen molar-refractivity contribution in [2.45, 2.75) is 20.8 Å². The lowest BCUT2D eigenvalue weighted by atomic mass is 10.1. The fraction of sp³-hybridized carbons (Fsp3) is 0.462. The molecule has 1 saturated carbocycles. The lowest BCUT2D eigenvalue weighted by molar-refractivity contribution is -0.140. The summed E-state index contributed by atoms with van der Waals surface area (Å²) in [5.41, 5.74) is 0.326. The Bertz CT molecular complexity index is 557. The van der Waals surface area contributed by atoms with E-state index in [1.165, 1.54) is 0 Å². The van der Waals surface area contributed by atoms with Gasteiger partial charge in [-0.3, -0.25) is 9.59 Å². The highest BCUT2D eigenvalue weighted by molar-refractivity contribution is 9.10. The molecular weight excluding hydrogens is 312 g/mol. The number of hydrogen-bond donors (Lipinski definition) is 2. The first-order chi connectivity index (χ1) is 8.75. The molecule has 1 aliphatic carbocycles. The van der Waals surface area contributed by atoms with Gasteiger partial charge < -0.3 is 10.4 Å². The van der Waals surface area contributed by atoms with Gasteiger partial charge in [0.1, 0.15) is 5.82 Å². The summed E-state index contributed by atoms with van der Waals surface area (Å²) in [5, 5.41) is 11.8. The summed E-state index contributed by atoms with van der Waals surface area (Å²) in [4.78, 5) is 27.3. The third-order valence-electron chi connectivity index (χ3n) is 3.66. The number of nitrogens with zero attached hydrogens (tertiary/aromatic N) is 1. The van der Waals surface area contributed by atoms with Crippen LogP contribution in [0.3, 0.4) is 0 Å². The Hall–Kier alpha value is -1.43. The van der Waals surface area contributed by atoms with E-state index in [0.29, 0.717) is 5.82 Å². The fourth-order valence-electron chi connectivity index (χ4n) is 2.45. The highest BCUT2D eigenvalue weighted by atomic mass is 79.9. The SMILES string of the molecule is Cc1cc(Br)cnc1NC(=O)[C@H]1[C@@H](C(=O)O)C1(C)C. The predicted molar refractivity (Wildman–Crippen MR) is 73.7 cm³/mol. The molecule has 2 atom stereocenters. The number of carboxylic acid groups (broad SMARTS) is 1. The lowest BCUT2D eigenvalue weighted by Gasteiger charge is -2.08. The van der Waals surface area contributed by atoms with E-state index in [1.54, 1.807) is 20.0 Å². The van der Waals surface area contributed by atoms with Gasteiger partial charge in [-0.2, -0.15) is 0 Å². The van der Waals surface area contributed by atoms with Gasteiger partial charge in [0.25, 0.3) is 0 Å². The fourth-order valence-corrected chi connectivity index (χ4v) is 2.90. The Kier molecular flexibility index (Phi) is 3.38. The molecule has 1 aliphatic rings. The number of carboxylic acids is 1. The molecule has 6 heteroatoms. The first kappa shape index (κ1) is 14.0. The van der Waals surface area contributed by atoms with Gasteiger partial charge in [0.15, 0.2) is 0 Å². The molecule has 19 heavy (non-hydrogen) atoms. The number of pyridine rings is 1. The number of aryl methyl sites for hydroxylation is 1. The molecule has 0 aromatic carbocycles. The second-order valence-corrected chi connectivity index (χ2v) is 6.34. The molecule has 0 aliphatic heterocycles. The largest absolute Gasteiger partial charge is 0.481 e. The molecule has 0 saturated heterocycles. The zero-order valence-electron chi connectivity index (χ0n) is 10.9. The number of carbonyl (C=O) groups excluding carboxylic acids is 1. The summed E-state index contributed by atoms with van der Waals surface area (Å²) < 4.78 is 0.832. The van der Waals surface area contributed by atoms with Gasteiger partial charge in [-0.1, -0.05) is 13.8 Å². The monoisotopic (exact) mass is 326 g/mol. The number of carbonyl (C=O) groups is 2. The first-order valence-corrected chi connectivity index (χ1v) is 6.70. The molecule has 1 fully saturated rings. The van der Waals surface area contributed by atoms with Crippen LogP contribution in [-0.4, -0.2) is 22.0 Å². The third kappa shape index (κ3) is 2.49. The maximum atomic E-state index is 12.1. The molecule has 1 heterocycles. The zero-order chi connectivity index (χ0) is 14.4. The van der Waals surface area contributed by atoms with Gasteiger partial charge in [-0.25, -0.2) is 4.98 Å². The number of aromatic nitrogens is 1. The zero-order valence-corrected chi connectivity index (χ0v) is 12.5. The van der Waals surface area contributed by atoms with Crippen LogP contribution >= 0.6 is 15.9 Å². The van der Waals surface area contributed by atoms with Crippen molar-refractivity contribution in [2.24, 2.45) is 17.3 Å². The summed E-state index contributed by atoms with van der Waals surface area (Å²) in [5.74, 6) is -1.86. The van der Waals surface area contributed by atoms with Crippen LogP contribution < -0.4 is 5.32 Å². The molecular formula is C13H15BrN2O3. The average Bonchev–Trinajstić information content (AvgIpc) is 2.86. The number of aliphatic carboxylic acids is 1. The second-order valence-electron chi connectivity index (χ2n) is 5.42. The van der Waals surface area contributed by atoms with E-state index in [4.69, 9.17) is 5.11 Å². The Balaban J connectivity index is 2.13. The summed E-state index contributed by atoms with van der Waals surface area (Å²) in [6.45, 7) is 5.41. The van der Waals surface area contributed by atoms with Crippen molar-refractivity contribution in [1.82, 2.24) is 4.98 Å². The lowest BCUT2D eigenvalue weighted by Crippen LogP contribution is -2.19. The van der Waals surface area contributed by atoms with Crippen LogP contribution in [0, 0.1) is 24.2 Å². The van der Waals surface area contributed by atoms with E-state index in [9.17, 15) is 9.59 Å². The van der Waals surface area contributed by atoms with Crippen LogP contribution in [0.15, 0.2) is 16.7 Å². The van der Waals surface area contributed by atoms with Crippen LogP contribution in [0.2, 0.25) is 0 Å². The minimum absolute atomic E-state index is 0.282. The van der Waals surface area contributed by atoms with Crippen LogP contribution in [0.25, 0.3) is 0 Å².